The zero-order valence-electron chi connectivity index (χ0n) is 31.2. The minimum absolute atomic E-state index is 0.00607. The summed E-state index contributed by atoms with van der Waals surface area (Å²) in [4.78, 5) is 29.5. The van der Waals surface area contributed by atoms with Crippen molar-refractivity contribution >= 4 is 16.8 Å². The van der Waals surface area contributed by atoms with Crippen LogP contribution in [0.4, 0.5) is 0 Å². The SMILES string of the molecule is CC(C)=CCc1c(O)ccc(C(=O)C2C(c3c(O)ccc4c(=O)c(CC=C(C)C)c(-c5ccc(O)cc5O)oc34)C=C(C)CC2c2ccc(O)cc2O)c1O. The van der Waals surface area contributed by atoms with Crippen molar-refractivity contribution < 1.29 is 45.0 Å². The lowest BCUT2D eigenvalue weighted by atomic mass is 9.65. The highest BCUT2D eigenvalue weighted by molar-refractivity contribution is 6.03. The van der Waals surface area contributed by atoms with Crippen LogP contribution in [-0.4, -0.2) is 41.5 Å². The highest BCUT2D eigenvalue weighted by Crippen LogP contribution is 2.53. The molecule has 55 heavy (non-hydrogen) atoms. The average Bonchev–Trinajstić information content (AvgIpc) is 3.10. The molecule has 4 aromatic carbocycles. The zero-order valence-corrected chi connectivity index (χ0v) is 31.2. The van der Waals surface area contributed by atoms with Gasteiger partial charge in [-0.3, -0.25) is 9.59 Å². The number of carbonyl (C=O) groups is 1. The fourth-order valence-electron chi connectivity index (χ4n) is 7.52. The van der Waals surface area contributed by atoms with E-state index in [2.05, 4.69) is 0 Å². The lowest BCUT2D eigenvalue weighted by molar-refractivity contribution is 0.0877. The third kappa shape index (κ3) is 7.40. The fraction of sp³-hybridized carbons (Fsp3) is 0.244. The minimum atomic E-state index is -1.15. The quantitative estimate of drug-likeness (QED) is 0.0566. The van der Waals surface area contributed by atoms with E-state index in [1.165, 1.54) is 54.6 Å². The van der Waals surface area contributed by atoms with Crippen molar-refractivity contribution in [2.45, 2.75) is 65.7 Å². The largest absolute Gasteiger partial charge is 0.508 e. The van der Waals surface area contributed by atoms with Crippen molar-refractivity contribution in [3.05, 3.63) is 134 Å². The molecule has 1 heterocycles. The lowest BCUT2D eigenvalue weighted by Crippen LogP contribution is -2.32. The molecule has 1 aromatic heterocycles. The standard InChI is InChI=1S/C45H44O10/c1-22(2)6-10-28-35(48)16-14-30(41(28)52)43(54)39-33(27-12-8-25(46)20-37(27)50)18-24(5)19-34(39)40-36(49)17-15-32-42(53)31(11-7-23(3)4)44(55-45(32)40)29-13-9-26(47)21-38(29)51/h6-9,12-17,19-21,33-34,39,46-52H,10-11,18H2,1-5H3. The number of allylic oxidation sites excluding steroid dienone is 6. The van der Waals surface area contributed by atoms with Gasteiger partial charge in [0, 0.05) is 46.6 Å². The van der Waals surface area contributed by atoms with Crippen molar-refractivity contribution in [2.75, 3.05) is 0 Å². The molecular weight excluding hydrogens is 700 g/mol. The molecule has 0 aliphatic heterocycles. The van der Waals surface area contributed by atoms with Gasteiger partial charge < -0.3 is 40.2 Å². The molecule has 0 bridgehead atoms. The Morgan fingerprint density at radius 1 is 0.745 bits per heavy atom. The molecule has 10 nitrogen and oxygen atoms in total. The molecule has 1 aliphatic rings. The minimum Gasteiger partial charge on any atom is -0.508 e. The van der Waals surface area contributed by atoms with Crippen LogP contribution >= 0.6 is 0 Å². The summed E-state index contributed by atoms with van der Waals surface area (Å²) in [5, 5.41) is 76.5. The Morgan fingerprint density at radius 3 is 2.00 bits per heavy atom. The predicted octanol–water partition coefficient (Wildman–Crippen LogP) is 9.13. The van der Waals surface area contributed by atoms with Crippen molar-refractivity contribution in [1.82, 2.24) is 0 Å². The van der Waals surface area contributed by atoms with E-state index in [0.29, 0.717) is 5.56 Å². The number of hydrogen-bond acceptors (Lipinski definition) is 10. The molecule has 10 heteroatoms. The molecule has 0 saturated carbocycles. The normalized spacial score (nSPS) is 16.7. The van der Waals surface area contributed by atoms with Gasteiger partial charge in [0.1, 0.15) is 51.6 Å². The summed E-state index contributed by atoms with van der Waals surface area (Å²) in [5.41, 5.74) is 2.98. The van der Waals surface area contributed by atoms with Crippen LogP contribution in [0.15, 0.2) is 105 Å². The molecule has 0 spiro atoms. The Morgan fingerprint density at radius 2 is 1.36 bits per heavy atom. The molecule has 284 valence electrons. The first-order valence-electron chi connectivity index (χ1n) is 17.9. The number of carbonyl (C=O) groups excluding carboxylic acids is 1. The number of phenols is 7. The van der Waals surface area contributed by atoms with E-state index in [1.807, 2.05) is 40.7 Å². The molecular formula is C45H44O10. The summed E-state index contributed by atoms with van der Waals surface area (Å²) in [5.74, 6) is -5.43. The van der Waals surface area contributed by atoms with Gasteiger partial charge in [0.15, 0.2) is 11.2 Å². The van der Waals surface area contributed by atoms with Crippen LogP contribution < -0.4 is 5.43 Å². The van der Waals surface area contributed by atoms with Gasteiger partial charge in [-0.05, 0) is 102 Å². The van der Waals surface area contributed by atoms with E-state index in [0.717, 1.165) is 22.8 Å². The van der Waals surface area contributed by atoms with Crippen molar-refractivity contribution in [3.8, 4) is 51.6 Å². The first-order chi connectivity index (χ1) is 26.1. The Bertz CT molecular complexity index is 2490. The number of fused-ring (bicyclic) bond motifs is 1. The van der Waals surface area contributed by atoms with Gasteiger partial charge in [0.05, 0.1) is 16.5 Å². The monoisotopic (exact) mass is 744 g/mol. The second-order valence-electron chi connectivity index (χ2n) is 14.7. The van der Waals surface area contributed by atoms with Crippen LogP contribution in [0.3, 0.4) is 0 Å². The summed E-state index contributed by atoms with van der Waals surface area (Å²) in [7, 11) is 0. The molecule has 0 amide bonds. The third-order valence-electron chi connectivity index (χ3n) is 10.2. The smallest absolute Gasteiger partial charge is 0.196 e. The second kappa shape index (κ2) is 15.1. The van der Waals surface area contributed by atoms with E-state index >= 15 is 4.79 Å². The van der Waals surface area contributed by atoms with E-state index < -0.39 is 34.7 Å². The molecule has 0 radical (unpaired) electrons. The van der Waals surface area contributed by atoms with Gasteiger partial charge in [0.2, 0.25) is 0 Å². The average molecular weight is 745 g/mol. The summed E-state index contributed by atoms with van der Waals surface area (Å²) >= 11 is 0. The molecule has 0 fully saturated rings. The molecule has 0 saturated heterocycles. The van der Waals surface area contributed by atoms with Crippen LogP contribution in [0, 0.1) is 5.92 Å². The molecule has 3 unspecified atom stereocenters. The topological polar surface area (TPSA) is 189 Å². The third-order valence-corrected chi connectivity index (χ3v) is 10.2. The summed E-state index contributed by atoms with van der Waals surface area (Å²) in [6.07, 6.45) is 6.00. The number of aromatic hydroxyl groups is 7. The Labute approximate surface area is 317 Å². The van der Waals surface area contributed by atoms with Gasteiger partial charge in [-0.2, -0.15) is 0 Å². The molecule has 5 aromatic rings. The summed E-state index contributed by atoms with van der Waals surface area (Å²) in [6.45, 7) is 9.33. The predicted molar refractivity (Wildman–Crippen MR) is 210 cm³/mol. The maximum Gasteiger partial charge on any atom is 0.196 e. The zero-order chi connectivity index (χ0) is 39.9. The Kier molecular flexibility index (Phi) is 10.5. The van der Waals surface area contributed by atoms with Gasteiger partial charge in [0.25, 0.3) is 0 Å². The van der Waals surface area contributed by atoms with Crippen LogP contribution in [0.5, 0.6) is 40.2 Å². The number of ketones is 1. The van der Waals surface area contributed by atoms with Crippen molar-refractivity contribution in [1.29, 1.82) is 0 Å². The maximum atomic E-state index is 15.1. The van der Waals surface area contributed by atoms with Crippen LogP contribution in [-0.2, 0) is 12.8 Å². The van der Waals surface area contributed by atoms with Crippen LogP contribution in [0.2, 0.25) is 0 Å². The highest BCUT2D eigenvalue weighted by atomic mass is 16.3. The summed E-state index contributed by atoms with van der Waals surface area (Å²) in [6, 6.07) is 13.5. The molecule has 1 aliphatic carbocycles. The number of rotatable bonds is 9. The lowest BCUT2D eigenvalue weighted by Gasteiger charge is -2.37. The molecule has 7 N–H and O–H groups in total. The number of hydrogen-bond donors (Lipinski definition) is 7. The number of phenolic OH excluding ortho intramolecular Hbond substituents is 7. The molecule has 6 rings (SSSR count). The van der Waals surface area contributed by atoms with Gasteiger partial charge in [-0.15, -0.1) is 0 Å². The maximum absolute atomic E-state index is 15.1. The van der Waals surface area contributed by atoms with E-state index in [4.69, 9.17) is 4.42 Å². The second-order valence-corrected chi connectivity index (χ2v) is 14.7. The van der Waals surface area contributed by atoms with Crippen LogP contribution in [0.1, 0.15) is 85.5 Å². The Hall–Kier alpha value is -6.42. The fourth-order valence-corrected chi connectivity index (χ4v) is 7.52. The Balaban J connectivity index is 1.67. The van der Waals surface area contributed by atoms with E-state index in [9.17, 15) is 40.5 Å². The van der Waals surface area contributed by atoms with Gasteiger partial charge in [-0.1, -0.05) is 41.0 Å². The number of Topliss-reactive ketones (excluding diaryl/α,β-unsaturated/α-hetero) is 1. The first kappa shape index (κ1) is 38.3. The molecule has 3 atom stereocenters. The van der Waals surface area contributed by atoms with E-state index in [-0.39, 0.29) is 98.3 Å². The van der Waals surface area contributed by atoms with Crippen LogP contribution in [0.25, 0.3) is 22.3 Å². The van der Waals surface area contributed by atoms with Crippen molar-refractivity contribution in [2.24, 2.45) is 5.92 Å². The first-order valence-corrected chi connectivity index (χ1v) is 17.9. The van der Waals surface area contributed by atoms with Gasteiger partial charge in [-0.25, -0.2) is 0 Å². The van der Waals surface area contributed by atoms with Crippen molar-refractivity contribution in [3.63, 3.8) is 0 Å². The van der Waals surface area contributed by atoms with E-state index in [1.54, 1.807) is 12.2 Å². The number of benzene rings is 4. The highest BCUT2D eigenvalue weighted by Gasteiger charge is 2.43. The summed E-state index contributed by atoms with van der Waals surface area (Å²) < 4.78 is 6.60. The van der Waals surface area contributed by atoms with Gasteiger partial charge >= 0.3 is 0 Å².